The fraction of sp³-hybridized carbons (Fsp3) is 0.500. The number of aromatic nitrogens is 2. The number of halogens is 3. The number of likely N-dealkylation sites (tertiary alicyclic amines) is 1. The van der Waals surface area contributed by atoms with Crippen LogP contribution in [0.25, 0.3) is 20.9 Å². The minimum Gasteiger partial charge on any atom is -0.299 e. The number of nitrogens with zero attached hydrogens (tertiary/aromatic N) is 3. The summed E-state index contributed by atoms with van der Waals surface area (Å²) in [6.07, 6.45) is 3.58. The van der Waals surface area contributed by atoms with Gasteiger partial charge in [-0.15, -0.1) is 0 Å². The minimum absolute atomic E-state index is 0.00348. The molecular weight excluding hydrogens is 419 g/mol. The van der Waals surface area contributed by atoms with Crippen LogP contribution in [0.2, 0.25) is 0 Å². The maximum Gasteiger partial charge on any atom is 0.248 e. The van der Waals surface area contributed by atoms with E-state index in [9.17, 15) is 13.2 Å². The first-order chi connectivity index (χ1) is 14.9. The largest absolute Gasteiger partial charge is 0.299 e. The van der Waals surface area contributed by atoms with Gasteiger partial charge in [-0.3, -0.25) is 4.90 Å². The van der Waals surface area contributed by atoms with Gasteiger partial charge in [0.1, 0.15) is 21.2 Å². The molecule has 3 aliphatic rings. The van der Waals surface area contributed by atoms with Gasteiger partial charge in [0.05, 0.1) is 0 Å². The molecular formula is C24H24F3N3S. The van der Waals surface area contributed by atoms with Crippen LogP contribution in [0, 0.1) is 11.7 Å². The third-order valence-electron chi connectivity index (χ3n) is 7.36. The zero-order valence-electron chi connectivity index (χ0n) is 17.2. The fourth-order valence-electron chi connectivity index (χ4n) is 5.27. The molecule has 1 aromatic carbocycles. The number of thiazole rings is 1. The van der Waals surface area contributed by atoms with Gasteiger partial charge in [-0.25, -0.2) is 23.1 Å². The van der Waals surface area contributed by atoms with Crippen molar-refractivity contribution in [3.63, 3.8) is 0 Å². The molecule has 0 radical (unpaired) electrons. The average Bonchev–Trinajstić information content (AvgIpc) is 3.27. The Bertz CT molecular complexity index is 1150. The van der Waals surface area contributed by atoms with E-state index in [1.54, 1.807) is 6.07 Å². The zero-order chi connectivity index (χ0) is 21.2. The van der Waals surface area contributed by atoms with E-state index in [-0.39, 0.29) is 30.0 Å². The van der Waals surface area contributed by atoms with Gasteiger partial charge in [-0.1, -0.05) is 17.4 Å². The van der Waals surface area contributed by atoms with E-state index in [1.165, 1.54) is 17.8 Å². The number of alkyl halides is 2. The summed E-state index contributed by atoms with van der Waals surface area (Å²) in [5, 5.41) is 0.616. The molecule has 3 heterocycles. The SMILES string of the molecule is Fc1cc(CN2CCC2)ccc1-c1nc2ccc(C3([C@@H]4CCC(F)(F)C4)CC3)nc2s1. The van der Waals surface area contributed by atoms with Gasteiger partial charge in [0.25, 0.3) is 0 Å². The molecule has 1 saturated heterocycles. The standard InChI is InChI=1S/C24H24F3N3S/c25-18-12-15(14-30-10-1-11-30)2-3-17(18)21-28-19-4-5-20(29-22(19)31-21)23(8-9-23)16-6-7-24(26,27)13-16/h2-5,12,16H,1,6-11,13-14H2/t16-/m1/s1. The monoisotopic (exact) mass is 443 g/mol. The van der Waals surface area contributed by atoms with Crippen LogP contribution < -0.4 is 0 Å². The fourth-order valence-corrected chi connectivity index (χ4v) is 6.23. The van der Waals surface area contributed by atoms with Gasteiger partial charge < -0.3 is 0 Å². The summed E-state index contributed by atoms with van der Waals surface area (Å²) in [4.78, 5) is 12.5. The van der Waals surface area contributed by atoms with Crippen LogP contribution in [0.4, 0.5) is 13.2 Å². The molecule has 31 heavy (non-hydrogen) atoms. The Hall–Kier alpha value is -1.99. The van der Waals surface area contributed by atoms with E-state index < -0.39 is 5.92 Å². The molecule has 1 aliphatic heterocycles. The molecule has 2 aromatic heterocycles. The van der Waals surface area contributed by atoms with Crippen LogP contribution in [-0.4, -0.2) is 33.9 Å². The first kappa shape index (κ1) is 19.7. The summed E-state index contributed by atoms with van der Waals surface area (Å²) in [6.45, 7) is 2.94. The first-order valence-electron chi connectivity index (χ1n) is 11.1. The third-order valence-corrected chi connectivity index (χ3v) is 8.36. The van der Waals surface area contributed by atoms with Crippen LogP contribution in [-0.2, 0) is 12.0 Å². The molecule has 1 atom stereocenters. The second-order valence-corrected chi connectivity index (χ2v) is 10.4. The molecule has 0 N–H and O–H groups in total. The molecule has 6 rings (SSSR count). The molecule has 3 fully saturated rings. The van der Waals surface area contributed by atoms with Gasteiger partial charge in [0.2, 0.25) is 5.92 Å². The topological polar surface area (TPSA) is 29.0 Å². The van der Waals surface area contributed by atoms with E-state index in [1.807, 2.05) is 24.3 Å². The highest BCUT2D eigenvalue weighted by atomic mass is 32.1. The Balaban J connectivity index is 1.28. The number of pyridine rings is 1. The molecule has 0 amide bonds. The lowest BCUT2D eigenvalue weighted by Gasteiger charge is -2.30. The molecule has 2 saturated carbocycles. The number of rotatable bonds is 5. The Kier molecular flexibility index (Phi) is 4.45. The lowest BCUT2D eigenvalue weighted by atomic mass is 9.84. The van der Waals surface area contributed by atoms with E-state index in [0.717, 1.165) is 54.1 Å². The zero-order valence-corrected chi connectivity index (χ0v) is 18.0. The molecule has 162 valence electrons. The number of fused-ring (bicyclic) bond motifs is 1. The molecule has 2 aliphatic carbocycles. The Morgan fingerprint density at radius 3 is 2.55 bits per heavy atom. The Morgan fingerprint density at radius 2 is 1.90 bits per heavy atom. The van der Waals surface area contributed by atoms with Crippen molar-refractivity contribution in [1.29, 1.82) is 0 Å². The molecule has 3 aromatic rings. The van der Waals surface area contributed by atoms with Crippen LogP contribution in [0.5, 0.6) is 0 Å². The molecule has 0 spiro atoms. The van der Waals surface area contributed by atoms with Gasteiger partial charge in [0, 0.05) is 36.1 Å². The second-order valence-electron chi connectivity index (χ2n) is 9.44. The summed E-state index contributed by atoms with van der Waals surface area (Å²) < 4.78 is 42.5. The van der Waals surface area contributed by atoms with E-state index >= 15 is 0 Å². The summed E-state index contributed by atoms with van der Waals surface area (Å²) >= 11 is 1.38. The normalized spacial score (nSPS) is 24.4. The number of hydrogen-bond donors (Lipinski definition) is 0. The van der Waals surface area contributed by atoms with Gasteiger partial charge in [-0.05, 0) is 74.5 Å². The van der Waals surface area contributed by atoms with E-state index in [0.29, 0.717) is 17.0 Å². The van der Waals surface area contributed by atoms with Crippen molar-refractivity contribution in [3.05, 3.63) is 47.4 Å². The molecule has 0 bridgehead atoms. The van der Waals surface area contributed by atoms with Crippen molar-refractivity contribution in [2.75, 3.05) is 13.1 Å². The maximum atomic E-state index is 14.8. The molecule has 7 heteroatoms. The Labute approximate surface area is 183 Å². The minimum atomic E-state index is -2.54. The quantitative estimate of drug-likeness (QED) is 0.472. The lowest BCUT2D eigenvalue weighted by molar-refractivity contribution is 0.00318. The summed E-state index contributed by atoms with van der Waals surface area (Å²) in [7, 11) is 0. The summed E-state index contributed by atoms with van der Waals surface area (Å²) in [5.41, 5.74) is 2.91. The predicted octanol–water partition coefficient (Wildman–Crippen LogP) is 6.17. The van der Waals surface area contributed by atoms with E-state index in [2.05, 4.69) is 9.88 Å². The van der Waals surface area contributed by atoms with Crippen LogP contribution in [0.15, 0.2) is 30.3 Å². The summed E-state index contributed by atoms with van der Waals surface area (Å²) in [6, 6.07) is 9.26. The predicted molar refractivity (Wildman–Crippen MR) is 116 cm³/mol. The van der Waals surface area contributed by atoms with Crippen LogP contribution in [0.1, 0.15) is 49.8 Å². The van der Waals surface area contributed by atoms with Crippen molar-refractivity contribution in [2.45, 2.75) is 56.4 Å². The summed E-state index contributed by atoms with van der Waals surface area (Å²) in [5.74, 6) is -2.80. The number of benzene rings is 1. The Morgan fingerprint density at radius 1 is 1.06 bits per heavy atom. The highest BCUT2D eigenvalue weighted by Gasteiger charge is 2.57. The van der Waals surface area contributed by atoms with Crippen LogP contribution >= 0.6 is 11.3 Å². The highest BCUT2D eigenvalue weighted by molar-refractivity contribution is 7.21. The van der Waals surface area contributed by atoms with Crippen molar-refractivity contribution < 1.29 is 13.2 Å². The average molecular weight is 444 g/mol. The van der Waals surface area contributed by atoms with Crippen molar-refractivity contribution in [3.8, 4) is 10.6 Å². The van der Waals surface area contributed by atoms with Gasteiger partial charge >= 0.3 is 0 Å². The van der Waals surface area contributed by atoms with Gasteiger partial charge in [0.15, 0.2) is 0 Å². The van der Waals surface area contributed by atoms with Crippen molar-refractivity contribution in [2.24, 2.45) is 5.92 Å². The lowest BCUT2D eigenvalue weighted by Crippen LogP contribution is -2.36. The molecule has 3 nitrogen and oxygen atoms in total. The second kappa shape index (κ2) is 7.01. The van der Waals surface area contributed by atoms with Crippen molar-refractivity contribution >= 4 is 21.7 Å². The first-order valence-corrected chi connectivity index (χ1v) is 11.9. The molecule has 0 unspecified atom stereocenters. The highest BCUT2D eigenvalue weighted by Crippen LogP contribution is 2.60. The third kappa shape index (κ3) is 3.46. The van der Waals surface area contributed by atoms with Gasteiger partial charge in [-0.2, -0.15) is 0 Å². The van der Waals surface area contributed by atoms with E-state index in [4.69, 9.17) is 4.98 Å². The maximum absolute atomic E-state index is 14.8. The number of hydrogen-bond acceptors (Lipinski definition) is 4. The van der Waals surface area contributed by atoms with Crippen molar-refractivity contribution in [1.82, 2.24) is 14.9 Å². The smallest absolute Gasteiger partial charge is 0.248 e. The van der Waals surface area contributed by atoms with Crippen LogP contribution in [0.3, 0.4) is 0 Å².